The van der Waals surface area contributed by atoms with Crippen molar-refractivity contribution in [3.05, 3.63) is 92.6 Å². The Balaban J connectivity index is 1.67. The van der Waals surface area contributed by atoms with Gasteiger partial charge in [0.05, 0.1) is 11.9 Å². The van der Waals surface area contributed by atoms with E-state index in [0.29, 0.717) is 30.2 Å². The number of benzene rings is 2. The molecule has 0 aliphatic heterocycles. The zero-order valence-electron chi connectivity index (χ0n) is 16.8. The molecule has 150 valence electrons. The van der Waals surface area contributed by atoms with Gasteiger partial charge in [0.25, 0.3) is 5.56 Å². The number of anilines is 1. The molecule has 0 saturated heterocycles. The van der Waals surface area contributed by atoms with Gasteiger partial charge in [-0.25, -0.2) is 4.98 Å². The predicted octanol–water partition coefficient (Wildman–Crippen LogP) is 4.38. The van der Waals surface area contributed by atoms with E-state index in [0.717, 1.165) is 26.4 Å². The molecule has 0 atom stereocenters. The Bertz CT molecular complexity index is 1400. The predicted molar refractivity (Wildman–Crippen MR) is 121 cm³/mol. The molecule has 30 heavy (non-hydrogen) atoms. The van der Waals surface area contributed by atoms with E-state index in [-0.39, 0.29) is 5.56 Å². The Hall–Kier alpha value is -3.45. The van der Waals surface area contributed by atoms with Gasteiger partial charge in [-0.2, -0.15) is 4.52 Å². The summed E-state index contributed by atoms with van der Waals surface area (Å²) in [6, 6.07) is 20.3. The fourth-order valence-corrected chi connectivity index (χ4v) is 4.62. The molecule has 5 aromatic rings. The molecule has 0 radical (unpaired) electrons. The van der Waals surface area contributed by atoms with Crippen LogP contribution in [0, 0.1) is 13.8 Å². The summed E-state index contributed by atoms with van der Waals surface area (Å²) in [6.45, 7) is 5.18. The minimum absolute atomic E-state index is 0.119. The van der Waals surface area contributed by atoms with Gasteiger partial charge in [-0.3, -0.25) is 9.36 Å². The molecule has 3 heterocycles. The van der Waals surface area contributed by atoms with Crippen LogP contribution in [-0.4, -0.2) is 19.2 Å². The monoisotopic (exact) mass is 415 g/mol. The van der Waals surface area contributed by atoms with Gasteiger partial charge in [0.1, 0.15) is 4.83 Å². The average molecular weight is 416 g/mol. The maximum Gasteiger partial charge on any atom is 0.284 e. The van der Waals surface area contributed by atoms with Crippen LogP contribution in [0.4, 0.5) is 5.95 Å². The molecule has 1 N–H and O–H groups in total. The van der Waals surface area contributed by atoms with E-state index in [1.165, 1.54) is 4.52 Å². The van der Waals surface area contributed by atoms with Crippen molar-refractivity contribution in [3.8, 4) is 0 Å². The summed E-state index contributed by atoms with van der Waals surface area (Å²) in [4.78, 5) is 19.9. The Morgan fingerprint density at radius 1 is 0.967 bits per heavy atom. The van der Waals surface area contributed by atoms with E-state index in [1.807, 2.05) is 54.8 Å². The summed E-state index contributed by atoms with van der Waals surface area (Å²) < 4.78 is 3.40. The van der Waals surface area contributed by atoms with Gasteiger partial charge in [0.2, 0.25) is 11.7 Å². The smallest absolute Gasteiger partial charge is 0.284 e. The molecular weight excluding hydrogens is 394 g/mol. The first-order valence-corrected chi connectivity index (χ1v) is 10.6. The highest BCUT2D eigenvalue weighted by atomic mass is 32.1. The van der Waals surface area contributed by atoms with Gasteiger partial charge in [-0.15, -0.1) is 16.4 Å². The molecule has 7 heteroatoms. The van der Waals surface area contributed by atoms with Crippen molar-refractivity contribution < 1.29 is 0 Å². The third kappa shape index (κ3) is 3.17. The average Bonchev–Trinajstić information content (AvgIpc) is 3.25. The van der Waals surface area contributed by atoms with Gasteiger partial charge in [-0.05, 0) is 30.5 Å². The number of nitrogens with one attached hydrogen (secondary N) is 1. The van der Waals surface area contributed by atoms with Crippen molar-refractivity contribution >= 4 is 33.3 Å². The van der Waals surface area contributed by atoms with E-state index in [1.54, 1.807) is 11.3 Å². The number of rotatable bonds is 5. The second kappa shape index (κ2) is 7.42. The van der Waals surface area contributed by atoms with Crippen LogP contribution in [0.2, 0.25) is 0 Å². The number of aromatic nitrogens is 4. The molecule has 0 aliphatic carbocycles. The number of hydrogen-bond acceptors (Lipinski definition) is 5. The van der Waals surface area contributed by atoms with Gasteiger partial charge < -0.3 is 5.32 Å². The SMILES string of the molecule is Cc1sc2nc3n(Cc4ccccc4)c(NCc4ccccc4)nn3c(=O)c2c1C. The van der Waals surface area contributed by atoms with E-state index in [4.69, 9.17) is 4.98 Å². The minimum Gasteiger partial charge on any atom is -0.350 e. The fraction of sp³-hybridized carbons (Fsp3) is 0.174. The summed E-state index contributed by atoms with van der Waals surface area (Å²) in [5.74, 6) is 1.17. The van der Waals surface area contributed by atoms with E-state index >= 15 is 0 Å². The van der Waals surface area contributed by atoms with Crippen LogP contribution < -0.4 is 10.9 Å². The van der Waals surface area contributed by atoms with Crippen molar-refractivity contribution in [2.45, 2.75) is 26.9 Å². The largest absolute Gasteiger partial charge is 0.350 e. The lowest BCUT2D eigenvalue weighted by Gasteiger charge is -2.09. The van der Waals surface area contributed by atoms with Gasteiger partial charge in [-0.1, -0.05) is 60.7 Å². The second-order valence-electron chi connectivity index (χ2n) is 7.33. The summed E-state index contributed by atoms with van der Waals surface area (Å²) >= 11 is 1.56. The van der Waals surface area contributed by atoms with Crippen molar-refractivity contribution in [2.24, 2.45) is 0 Å². The number of aryl methyl sites for hydroxylation is 2. The molecule has 0 unspecified atom stereocenters. The van der Waals surface area contributed by atoms with Crippen molar-refractivity contribution in [1.29, 1.82) is 0 Å². The van der Waals surface area contributed by atoms with Gasteiger partial charge in [0, 0.05) is 11.4 Å². The first kappa shape index (κ1) is 18.6. The van der Waals surface area contributed by atoms with Crippen LogP contribution in [0.3, 0.4) is 0 Å². The molecule has 2 aromatic carbocycles. The molecule has 0 aliphatic rings. The molecule has 0 spiro atoms. The lowest BCUT2D eigenvalue weighted by molar-refractivity contribution is 0.812. The van der Waals surface area contributed by atoms with Gasteiger partial charge >= 0.3 is 0 Å². The van der Waals surface area contributed by atoms with Crippen molar-refractivity contribution in [2.75, 3.05) is 5.32 Å². The molecule has 0 saturated carbocycles. The third-order valence-corrected chi connectivity index (χ3v) is 6.43. The number of nitrogens with zero attached hydrogens (tertiary/aromatic N) is 4. The van der Waals surface area contributed by atoms with Crippen LogP contribution in [0.5, 0.6) is 0 Å². The van der Waals surface area contributed by atoms with Crippen LogP contribution in [0.25, 0.3) is 16.0 Å². The number of hydrogen-bond donors (Lipinski definition) is 1. The fourth-order valence-electron chi connectivity index (χ4n) is 3.60. The Labute approximate surface area is 177 Å². The van der Waals surface area contributed by atoms with Crippen LogP contribution >= 0.6 is 11.3 Å². The highest BCUT2D eigenvalue weighted by Crippen LogP contribution is 2.27. The van der Waals surface area contributed by atoms with E-state index in [9.17, 15) is 4.79 Å². The molecule has 6 nitrogen and oxygen atoms in total. The first-order chi connectivity index (χ1) is 14.6. The lowest BCUT2D eigenvalue weighted by Crippen LogP contribution is -2.16. The highest BCUT2D eigenvalue weighted by Gasteiger charge is 2.19. The summed E-state index contributed by atoms with van der Waals surface area (Å²) in [5.41, 5.74) is 3.13. The number of thiophene rings is 1. The molecule has 3 aromatic heterocycles. The van der Waals surface area contributed by atoms with Crippen LogP contribution in [0.1, 0.15) is 21.6 Å². The Kier molecular flexibility index (Phi) is 4.59. The maximum atomic E-state index is 13.2. The minimum atomic E-state index is -0.119. The first-order valence-electron chi connectivity index (χ1n) is 9.83. The van der Waals surface area contributed by atoms with Crippen LogP contribution in [0.15, 0.2) is 65.5 Å². The molecule has 5 rings (SSSR count). The summed E-state index contributed by atoms with van der Waals surface area (Å²) in [7, 11) is 0. The summed E-state index contributed by atoms with van der Waals surface area (Å²) in [6.07, 6.45) is 0. The lowest BCUT2D eigenvalue weighted by atomic mass is 10.2. The summed E-state index contributed by atoms with van der Waals surface area (Å²) in [5, 5.41) is 8.68. The molecular formula is C23H21N5OS. The topological polar surface area (TPSA) is 64.2 Å². The molecule has 0 fully saturated rings. The van der Waals surface area contributed by atoms with Gasteiger partial charge in [0.15, 0.2) is 0 Å². The van der Waals surface area contributed by atoms with Crippen molar-refractivity contribution in [3.63, 3.8) is 0 Å². The third-order valence-electron chi connectivity index (χ3n) is 5.33. The Morgan fingerprint density at radius 2 is 1.63 bits per heavy atom. The van der Waals surface area contributed by atoms with Crippen molar-refractivity contribution in [1.82, 2.24) is 19.2 Å². The highest BCUT2D eigenvalue weighted by molar-refractivity contribution is 7.18. The standard InChI is InChI=1S/C23H21N5OS/c1-15-16(2)30-20-19(15)21(29)28-23(25-20)27(14-18-11-7-4-8-12-18)22(26-28)24-13-17-9-5-3-6-10-17/h3-12H,13-14H2,1-2H3,(H,24,26). The normalized spacial score (nSPS) is 11.4. The quantitative estimate of drug-likeness (QED) is 0.463. The molecule has 0 amide bonds. The zero-order chi connectivity index (χ0) is 20.7. The zero-order valence-corrected chi connectivity index (χ0v) is 17.6. The van der Waals surface area contributed by atoms with E-state index < -0.39 is 0 Å². The number of fused-ring (bicyclic) bond motifs is 2. The van der Waals surface area contributed by atoms with E-state index in [2.05, 4.69) is 34.7 Å². The maximum absolute atomic E-state index is 13.2. The molecule has 0 bridgehead atoms. The second-order valence-corrected chi connectivity index (χ2v) is 8.53. The van der Waals surface area contributed by atoms with Crippen LogP contribution in [-0.2, 0) is 13.1 Å². The Morgan fingerprint density at radius 3 is 2.33 bits per heavy atom.